The third-order valence-corrected chi connectivity index (χ3v) is 4.79. The van der Waals surface area contributed by atoms with Gasteiger partial charge in [-0.15, -0.1) is 0 Å². The second-order valence-corrected chi connectivity index (χ2v) is 6.00. The molecule has 2 fully saturated rings. The van der Waals surface area contributed by atoms with E-state index < -0.39 is 0 Å². The fourth-order valence-electron chi connectivity index (χ4n) is 3.55. The summed E-state index contributed by atoms with van der Waals surface area (Å²) in [6.07, 6.45) is 4.13. The van der Waals surface area contributed by atoms with E-state index in [2.05, 4.69) is 10.3 Å². The monoisotopic (exact) mass is 285 g/mol. The van der Waals surface area contributed by atoms with Gasteiger partial charge < -0.3 is 20.8 Å². The highest BCUT2D eigenvalue weighted by molar-refractivity contribution is 5.98. The zero-order valence-corrected chi connectivity index (χ0v) is 11.7. The molecular formula is C16H19N3O2. The molecule has 4 rings (SSSR count). The van der Waals surface area contributed by atoms with Gasteiger partial charge in [0.25, 0.3) is 5.91 Å². The van der Waals surface area contributed by atoms with Crippen LogP contribution in [0.2, 0.25) is 0 Å². The van der Waals surface area contributed by atoms with Crippen LogP contribution in [0.25, 0.3) is 10.9 Å². The van der Waals surface area contributed by atoms with Crippen molar-refractivity contribution in [2.45, 2.75) is 31.0 Å². The van der Waals surface area contributed by atoms with Gasteiger partial charge in [-0.1, -0.05) is 6.07 Å². The lowest BCUT2D eigenvalue weighted by molar-refractivity contribution is -0.117. The van der Waals surface area contributed by atoms with Gasteiger partial charge in [-0.2, -0.15) is 0 Å². The second kappa shape index (κ2) is 4.86. The topological polar surface area (TPSA) is 80.1 Å². The summed E-state index contributed by atoms with van der Waals surface area (Å²) < 4.78 is 5.75. The highest BCUT2D eigenvalue weighted by Crippen LogP contribution is 2.37. The molecule has 2 aromatic rings. The first kappa shape index (κ1) is 12.9. The summed E-state index contributed by atoms with van der Waals surface area (Å²) in [6, 6.07) is 7.58. The first-order valence-electron chi connectivity index (χ1n) is 7.49. The van der Waals surface area contributed by atoms with Crippen LogP contribution in [-0.4, -0.2) is 35.7 Å². The van der Waals surface area contributed by atoms with E-state index in [1.807, 2.05) is 30.5 Å². The fourth-order valence-corrected chi connectivity index (χ4v) is 3.55. The van der Waals surface area contributed by atoms with Crippen LogP contribution in [0, 0.1) is 5.92 Å². The Morgan fingerprint density at radius 3 is 3.19 bits per heavy atom. The van der Waals surface area contributed by atoms with E-state index in [0.29, 0.717) is 11.5 Å². The maximum absolute atomic E-state index is 12.4. The van der Waals surface area contributed by atoms with Gasteiger partial charge in [-0.25, -0.2) is 0 Å². The zero-order valence-electron chi connectivity index (χ0n) is 11.7. The van der Waals surface area contributed by atoms with E-state index >= 15 is 0 Å². The summed E-state index contributed by atoms with van der Waals surface area (Å²) in [5.74, 6) is 0.314. The molecule has 1 aromatic carbocycles. The van der Waals surface area contributed by atoms with Crippen molar-refractivity contribution in [2.24, 2.45) is 11.7 Å². The van der Waals surface area contributed by atoms with Gasteiger partial charge in [-0.05, 0) is 36.4 Å². The van der Waals surface area contributed by atoms with Crippen LogP contribution in [0.1, 0.15) is 23.2 Å². The maximum Gasteiger partial charge on any atom is 0.251 e. The predicted octanol–water partition coefficient (Wildman–Crippen LogP) is 1.40. The van der Waals surface area contributed by atoms with E-state index in [9.17, 15) is 4.79 Å². The molecule has 4 N–H and O–H groups in total. The van der Waals surface area contributed by atoms with Crippen molar-refractivity contribution >= 4 is 16.8 Å². The van der Waals surface area contributed by atoms with E-state index in [1.54, 1.807) is 0 Å². The number of carbonyl (C=O) groups excluding carboxylic acids is 1. The largest absolute Gasteiger partial charge is 0.376 e. The highest BCUT2D eigenvalue weighted by Gasteiger charge is 2.51. The summed E-state index contributed by atoms with van der Waals surface area (Å²) in [4.78, 5) is 15.5. The maximum atomic E-state index is 12.4. The van der Waals surface area contributed by atoms with Gasteiger partial charge >= 0.3 is 0 Å². The Bertz CT molecular complexity index is 681. The summed E-state index contributed by atoms with van der Waals surface area (Å²) in [5.41, 5.74) is 7.79. The molecule has 1 saturated carbocycles. The van der Waals surface area contributed by atoms with Crippen LogP contribution in [0.4, 0.5) is 0 Å². The van der Waals surface area contributed by atoms with Gasteiger partial charge in [0.05, 0.1) is 12.1 Å². The van der Waals surface area contributed by atoms with Gasteiger partial charge in [0.15, 0.2) is 0 Å². The molecule has 110 valence electrons. The molecule has 5 nitrogen and oxygen atoms in total. The fraction of sp³-hybridized carbons (Fsp3) is 0.438. The van der Waals surface area contributed by atoms with E-state index in [0.717, 1.165) is 30.4 Å². The Morgan fingerprint density at radius 2 is 2.29 bits per heavy atom. The number of aromatic amines is 1. The number of amides is 1. The standard InChI is InChI=1S/C16H19N3O2/c17-13-11-2-1-7-21-15(11)14(13)19-16(20)10-4-3-9-5-6-18-12(9)8-10/h3-6,8,11,13-15,18H,1-2,7,17H2,(H,19,20). The van der Waals surface area contributed by atoms with Crippen LogP contribution in [0.15, 0.2) is 30.5 Å². The number of aromatic nitrogens is 1. The first-order chi connectivity index (χ1) is 10.2. The second-order valence-electron chi connectivity index (χ2n) is 6.00. The Hall–Kier alpha value is -1.85. The van der Waals surface area contributed by atoms with Crippen LogP contribution >= 0.6 is 0 Å². The van der Waals surface area contributed by atoms with E-state index in [-0.39, 0.29) is 24.1 Å². The van der Waals surface area contributed by atoms with Crippen LogP contribution in [0.3, 0.4) is 0 Å². The SMILES string of the molecule is NC1C2CCCOC2C1NC(=O)c1ccc2cc[nH]c2c1. The van der Waals surface area contributed by atoms with Gasteiger partial charge in [0.2, 0.25) is 0 Å². The average molecular weight is 285 g/mol. The Morgan fingerprint density at radius 1 is 1.38 bits per heavy atom. The normalized spacial score (nSPS) is 31.5. The van der Waals surface area contributed by atoms with Crippen molar-refractivity contribution < 1.29 is 9.53 Å². The lowest BCUT2D eigenvalue weighted by Crippen LogP contribution is -2.72. The predicted molar refractivity (Wildman–Crippen MR) is 80.0 cm³/mol. The van der Waals surface area contributed by atoms with Crippen molar-refractivity contribution in [1.82, 2.24) is 10.3 Å². The Kier molecular flexibility index (Phi) is 2.97. The van der Waals surface area contributed by atoms with Crippen molar-refractivity contribution in [3.63, 3.8) is 0 Å². The third-order valence-electron chi connectivity index (χ3n) is 4.79. The number of hydrogen-bond donors (Lipinski definition) is 3. The molecule has 1 aliphatic carbocycles. The molecule has 21 heavy (non-hydrogen) atoms. The summed E-state index contributed by atoms with van der Waals surface area (Å²) >= 11 is 0. The van der Waals surface area contributed by atoms with Crippen LogP contribution in [-0.2, 0) is 4.74 Å². The molecule has 2 aliphatic rings. The van der Waals surface area contributed by atoms with Crippen molar-refractivity contribution in [3.05, 3.63) is 36.0 Å². The van der Waals surface area contributed by atoms with Crippen LogP contribution in [0.5, 0.6) is 0 Å². The number of ether oxygens (including phenoxy) is 1. The van der Waals surface area contributed by atoms with Gasteiger partial charge in [0, 0.05) is 35.8 Å². The quantitative estimate of drug-likeness (QED) is 0.780. The van der Waals surface area contributed by atoms with Crippen molar-refractivity contribution in [2.75, 3.05) is 6.61 Å². The third kappa shape index (κ3) is 2.04. The summed E-state index contributed by atoms with van der Waals surface area (Å²) in [6.45, 7) is 0.773. The van der Waals surface area contributed by atoms with Gasteiger partial charge in [-0.3, -0.25) is 4.79 Å². The highest BCUT2D eigenvalue weighted by atomic mass is 16.5. The number of nitrogens with one attached hydrogen (secondary N) is 2. The molecule has 0 bridgehead atoms. The molecule has 1 aromatic heterocycles. The molecular weight excluding hydrogens is 266 g/mol. The number of hydrogen-bond acceptors (Lipinski definition) is 3. The molecule has 4 atom stereocenters. The first-order valence-corrected chi connectivity index (χ1v) is 7.49. The average Bonchev–Trinajstić information content (AvgIpc) is 2.99. The number of H-pyrrole nitrogens is 1. The number of nitrogens with two attached hydrogens (primary N) is 1. The molecule has 0 radical (unpaired) electrons. The minimum absolute atomic E-state index is 0.00784. The lowest BCUT2D eigenvalue weighted by Gasteiger charge is -2.52. The molecule has 4 unspecified atom stereocenters. The molecule has 1 amide bonds. The molecule has 1 saturated heterocycles. The minimum Gasteiger partial charge on any atom is -0.376 e. The molecule has 2 heterocycles. The zero-order chi connectivity index (χ0) is 14.4. The minimum atomic E-state index is -0.0837. The smallest absolute Gasteiger partial charge is 0.251 e. The number of fused-ring (bicyclic) bond motifs is 2. The lowest BCUT2D eigenvalue weighted by atomic mass is 9.68. The van der Waals surface area contributed by atoms with Crippen LogP contribution < -0.4 is 11.1 Å². The van der Waals surface area contributed by atoms with Crippen molar-refractivity contribution in [3.8, 4) is 0 Å². The number of carbonyl (C=O) groups is 1. The Labute approximate surface area is 122 Å². The molecule has 5 heteroatoms. The van der Waals surface area contributed by atoms with E-state index in [1.165, 1.54) is 0 Å². The summed E-state index contributed by atoms with van der Waals surface area (Å²) in [5, 5.41) is 4.14. The van der Waals surface area contributed by atoms with E-state index in [4.69, 9.17) is 10.5 Å². The molecule has 1 aliphatic heterocycles. The van der Waals surface area contributed by atoms with Gasteiger partial charge in [0.1, 0.15) is 0 Å². The molecule has 0 spiro atoms. The van der Waals surface area contributed by atoms with Crippen molar-refractivity contribution in [1.29, 1.82) is 0 Å². The Balaban J connectivity index is 1.50. The number of rotatable bonds is 2. The number of benzene rings is 1. The summed E-state index contributed by atoms with van der Waals surface area (Å²) in [7, 11) is 0.